The second-order valence-electron chi connectivity index (χ2n) is 5.47. The first-order valence-electron chi connectivity index (χ1n) is 8.17. The lowest BCUT2D eigenvalue weighted by atomic mass is 10.1. The lowest BCUT2D eigenvalue weighted by Crippen LogP contribution is -2.44. The van der Waals surface area contributed by atoms with Gasteiger partial charge in [-0.05, 0) is 43.2 Å². The molecule has 1 heterocycles. The van der Waals surface area contributed by atoms with Gasteiger partial charge in [-0.25, -0.2) is 0 Å². The third kappa shape index (κ3) is 6.30. The molecule has 9 heteroatoms. The lowest BCUT2D eigenvalue weighted by Gasteiger charge is -2.17. The SMILES string of the molecule is CCSc1nnc(NC(=O)[C@H](CCSC)NC(=O)c2cccc(C)c2)s1. The van der Waals surface area contributed by atoms with E-state index in [9.17, 15) is 9.59 Å². The first-order chi connectivity index (χ1) is 12.5. The number of amides is 2. The van der Waals surface area contributed by atoms with Gasteiger partial charge in [0.15, 0.2) is 4.34 Å². The van der Waals surface area contributed by atoms with Crippen LogP contribution >= 0.6 is 34.9 Å². The summed E-state index contributed by atoms with van der Waals surface area (Å²) in [5.74, 6) is 1.13. The van der Waals surface area contributed by atoms with E-state index in [1.54, 1.807) is 35.7 Å². The summed E-state index contributed by atoms with van der Waals surface area (Å²) in [4.78, 5) is 25.1. The second kappa shape index (κ2) is 10.5. The molecule has 0 bridgehead atoms. The molecule has 0 aliphatic rings. The molecular weight excluding hydrogens is 388 g/mol. The van der Waals surface area contributed by atoms with Crippen molar-refractivity contribution < 1.29 is 9.59 Å². The van der Waals surface area contributed by atoms with Crippen molar-refractivity contribution in [2.75, 3.05) is 23.1 Å². The van der Waals surface area contributed by atoms with Gasteiger partial charge in [-0.2, -0.15) is 11.8 Å². The Morgan fingerprint density at radius 1 is 1.31 bits per heavy atom. The number of aryl methyl sites for hydroxylation is 1. The molecule has 0 aliphatic carbocycles. The largest absolute Gasteiger partial charge is 0.340 e. The summed E-state index contributed by atoms with van der Waals surface area (Å²) >= 11 is 4.54. The number of carbonyl (C=O) groups excluding carboxylic acids is 2. The Kier molecular flexibility index (Phi) is 8.40. The first-order valence-corrected chi connectivity index (χ1v) is 11.4. The Morgan fingerprint density at radius 2 is 2.12 bits per heavy atom. The number of anilines is 1. The van der Waals surface area contributed by atoms with Crippen LogP contribution in [0.3, 0.4) is 0 Å². The first kappa shape index (κ1) is 20.7. The summed E-state index contributed by atoms with van der Waals surface area (Å²) in [5.41, 5.74) is 1.54. The Hall–Kier alpha value is -1.58. The van der Waals surface area contributed by atoms with Gasteiger partial charge in [0.25, 0.3) is 5.91 Å². The van der Waals surface area contributed by atoms with Crippen molar-refractivity contribution in [2.24, 2.45) is 0 Å². The third-order valence-electron chi connectivity index (χ3n) is 3.42. The van der Waals surface area contributed by atoms with Crippen LogP contribution in [0.15, 0.2) is 28.6 Å². The van der Waals surface area contributed by atoms with Crippen LogP contribution in [-0.2, 0) is 4.79 Å². The van der Waals surface area contributed by atoms with Crippen molar-refractivity contribution in [1.29, 1.82) is 0 Å². The number of carbonyl (C=O) groups is 2. The Bertz CT molecular complexity index is 751. The van der Waals surface area contributed by atoms with Crippen LogP contribution in [0.4, 0.5) is 5.13 Å². The Labute approximate surface area is 165 Å². The molecule has 0 spiro atoms. The van der Waals surface area contributed by atoms with Crippen LogP contribution in [0, 0.1) is 6.92 Å². The average Bonchev–Trinajstić information content (AvgIpc) is 3.05. The highest BCUT2D eigenvalue weighted by Gasteiger charge is 2.22. The fraction of sp³-hybridized carbons (Fsp3) is 0.412. The summed E-state index contributed by atoms with van der Waals surface area (Å²) in [6, 6.07) is 6.68. The molecular formula is C17H22N4O2S3. The fourth-order valence-electron chi connectivity index (χ4n) is 2.17. The van der Waals surface area contributed by atoms with Crippen molar-refractivity contribution in [3.8, 4) is 0 Å². The highest BCUT2D eigenvalue weighted by molar-refractivity contribution is 8.01. The van der Waals surface area contributed by atoms with E-state index in [2.05, 4.69) is 20.8 Å². The smallest absolute Gasteiger partial charge is 0.251 e. The molecule has 2 N–H and O–H groups in total. The van der Waals surface area contributed by atoms with Gasteiger partial charge in [0.05, 0.1) is 0 Å². The number of thioether (sulfide) groups is 2. The summed E-state index contributed by atoms with van der Waals surface area (Å²) in [7, 11) is 0. The summed E-state index contributed by atoms with van der Waals surface area (Å²) < 4.78 is 0.812. The van der Waals surface area contributed by atoms with Crippen LogP contribution in [0.5, 0.6) is 0 Å². The maximum absolute atomic E-state index is 12.6. The topological polar surface area (TPSA) is 84.0 Å². The molecule has 2 rings (SSSR count). The van der Waals surface area contributed by atoms with Crippen molar-refractivity contribution in [2.45, 2.75) is 30.6 Å². The maximum Gasteiger partial charge on any atom is 0.251 e. The molecule has 1 atom stereocenters. The predicted molar refractivity (Wildman–Crippen MR) is 110 cm³/mol. The molecule has 0 aliphatic heterocycles. The van der Waals surface area contributed by atoms with Crippen molar-refractivity contribution in [3.05, 3.63) is 35.4 Å². The Balaban J connectivity index is 2.04. The van der Waals surface area contributed by atoms with Gasteiger partial charge < -0.3 is 5.32 Å². The summed E-state index contributed by atoms with van der Waals surface area (Å²) in [6.07, 6.45) is 2.51. The van der Waals surface area contributed by atoms with Crippen LogP contribution in [0.1, 0.15) is 29.3 Å². The summed E-state index contributed by atoms with van der Waals surface area (Å²) in [6.45, 7) is 3.96. The van der Waals surface area contributed by atoms with Gasteiger partial charge in [-0.15, -0.1) is 10.2 Å². The average molecular weight is 411 g/mol. The minimum atomic E-state index is -0.623. The summed E-state index contributed by atoms with van der Waals surface area (Å²) in [5, 5.41) is 14.1. The van der Waals surface area contributed by atoms with Crippen LogP contribution < -0.4 is 10.6 Å². The molecule has 1 aromatic carbocycles. The third-order valence-corrected chi connectivity index (χ3v) is 5.92. The molecule has 0 unspecified atom stereocenters. The van der Waals surface area contributed by atoms with Crippen molar-refractivity contribution in [3.63, 3.8) is 0 Å². The molecule has 0 fully saturated rings. The minimum Gasteiger partial charge on any atom is -0.340 e. The quantitative estimate of drug-likeness (QED) is 0.487. The second-order valence-corrected chi connectivity index (χ2v) is 8.95. The van der Waals surface area contributed by atoms with Crippen LogP contribution in [0.25, 0.3) is 0 Å². The fourth-order valence-corrected chi connectivity index (χ4v) is 4.29. The number of rotatable bonds is 9. The number of nitrogens with one attached hydrogen (secondary N) is 2. The standard InChI is InChI=1S/C17H22N4O2S3/c1-4-25-17-21-20-16(26-17)19-15(23)13(8-9-24-3)18-14(22)12-7-5-6-11(2)10-12/h5-7,10,13H,4,8-9H2,1-3H3,(H,18,22)(H,19,20,23)/t13-/m0/s1. The van der Waals surface area contributed by atoms with Gasteiger partial charge in [0, 0.05) is 5.56 Å². The number of hydrogen-bond donors (Lipinski definition) is 2. The van der Waals surface area contributed by atoms with E-state index in [1.807, 2.05) is 32.2 Å². The van der Waals surface area contributed by atoms with Gasteiger partial charge in [0.1, 0.15) is 6.04 Å². The molecule has 2 amide bonds. The number of hydrogen-bond acceptors (Lipinski definition) is 7. The zero-order valence-corrected chi connectivity index (χ0v) is 17.4. The predicted octanol–water partition coefficient (Wildman–Crippen LogP) is 3.45. The van der Waals surface area contributed by atoms with E-state index in [0.717, 1.165) is 21.4 Å². The molecule has 2 aromatic rings. The molecule has 140 valence electrons. The molecule has 6 nitrogen and oxygen atoms in total. The highest BCUT2D eigenvalue weighted by Crippen LogP contribution is 2.25. The number of nitrogens with zero attached hydrogens (tertiary/aromatic N) is 2. The number of benzene rings is 1. The van der Waals surface area contributed by atoms with Crippen LogP contribution in [0.2, 0.25) is 0 Å². The highest BCUT2D eigenvalue weighted by atomic mass is 32.2. The molecule has 0 saturated heterocycles. The zero-order valence-electron chi connectivity index (χ0n) is 14.9. The van der Waals surface area contributed by atoms with Crippen molar-refractivity contribution >= 4 is 51.8 Å². The minimum absolute atomic E-state index is 0.255. The normalized spacial score (nSPS) is 11.8. The lowest BCUT2D eigenvalue weighted by molar-refractivity contribution is -0.118. The van der Waals surface area contributed by atoms with Crippen molar-refractivity contribution in [1.82, 2.24) is 15.5 Å². The molecule has 0 saturated carbocycles. The van der Waals surface area contributed by atoms with Crippen LogP contribution in [-0.4, -0.2) is 45.8 Å². The number of aromatic nitrogens is 2. The van der Waals surface area contributed by atoms with Gasteiger partial charge >= 0.3 is 0 Å². The van der Waals surface area contributed by atoms with E-state index in [1.165, 1.54) is 11.3 Å². The van der Waals surface area contributed by atoms with E-state index in [-0.39, 0.29) is 11.8 Å². The monoisotopic (exact) mass is 410 g/mol. The molecule has 0 radical (unpaired) electrons. The van der Waals surface area contributed by atoms with Gasteiger partial charge in [-0.3, -0.25) is 14.9 Å². The van der Waals surface area contributed by atoms with Gasteiger partial charge in [0.2, 0.25) is 11.0 Å². The molecule has 1 aromatic heterocycles. The van der Waals surface area contributed by atoms with E-state index < -0.39 is 6.04 Å². The van der Waals surface area contributed by atoms with E-state index >= 15 is 0 Å². The van der Waals surface area contributed by atoms with Gasteiger partial charge in [-0.1, -0.05) is 47.7 Å². The molecule has 26 heavy (non-hydrogen) atoms. The zero-order chi connectivity index (χ0) is 18.9. The van der Waals surface area contributed by atoms with E-state index in [0.29, 0.717) is 17.1 Å². The van der Waals surface area contributed by atoms with E-state index in [4.69, 9.17) is 0 Å². The Morgan fingerprint density at radius 3 is 2.81 bits per heavy atom. The maximum atomic E-state index is 12.6.